The van der Waals surface area contributed by atoms with Gasteiger partial charge in [0.2, 0.25) is 0 Å². The van der Waals surface area contributed by atoms with E-state index in [4.69, 9.17) is 4.74 Å². The fraction of sp³-hybridized carbons (Fsp3) is 1.00. The van der Waals surface area contributed by atoms with Crippen molar-refractivity contribution in [3.8, 4) is 0 Å². The standard InChI is InChI=1S/C8H18O.BF3/c1-7(2,3)9-8(4,5)6;2-1(3)4/h1-6H3;. The Morgan fingerprint density at radius 1 is 0.769 bits per heavy atom. The molecule has 0 aromatic carbocycles. The van der Waals surface area contributed by atoms with Gasteiger partial charge in [-0.3, -0.25) is 12.9 Å². The first-order chi connectivity index (χ1) is 5.44. The lowest BCUT2D eigenvalue weighted by molar-refractivity contribution is -0.102. The van der Waals surface area contributed by atoms with Crippen LogP contribution in [0.4, 0.5) is 12.9 Å². The van der Waals surface area contributed by atoms with Crippen LogP contribution in [-0.4, -0.2) is 18.7 Å². The molecule has 0 aromatic heterocycles. The predicted octanol–water partition coefficient (Wildman–Crippen LogP) is 3.48. The van der Waals surface area contributed by atoms with Gasteiger partial charge in [0.25, 0.3) is 0 Å². The molecule has 0 N–H and O–H groups in total. The smallest absolute Gasteiger partial charge is 0.370 e. The molecule has 0 heterocycles. The molecule has 1 nitrogen and oxygen atoms in total. The van der Waals surface area contributed by atoms with Gasteiger partial charge in [-0.15, -0.1) is 0 Å². The third-order valence-corrected chi connectivity index (χ3v) is 0.612. The summed E-state index contributed by atoms with van der Waals surface area (Å²) in [6, 6.07) is 0. The zero-order chi connectivity index (χ0) is 11.3. The van der Waals surface area contributed by atoms with Crippen molar-refractivity contribution in [2.24, 2.45) is 0 Å². The summed E-state index contributed by atoms with van der Waals surface area (Å²) in [5.41, 5.74) is -0.0312. The van der Waals surface area contributed by atoms with Gasteiger partial charge in [0.15, 0.2) is 0 Å². The molecular weight excluding hydrogens is 180 g/mol. The fourth-order valence-electron chi connectivity index (χ4n) is 0.919. The molecule has 0 bridgehead atoms. The largest absolute Gasteiger partial charge is 0.762 e. The highest BCUT2D eigenvalue weighted by Gasteiger charge is 2.19. The average molecular weight is 198 g/mol. The fourth-order valence-corrected chi connectivity index (χ4v) is 0.919. The highest BCUT2D eigenvalue weighted by Crippen LogP contribution is 2.17. The second-order valence-electron chi connectivity index (χ2n) is 4.57. The highest BCUT2D eigenvalue weighted by molar-refractivity contribution is 6.33. The van der Waals surface area contributed by atoms with Crippen molar-refractivity contribution in [3.05, 3.63) is 0 Å². The van der Waals surface area contributed by atoms with Crippen LogP contribution >= 0.6 is 0 Å². The first-order valence-electron chi connectivity index (χ1n) is 4.06. The van der Waals surface area contributed by atoms with Gasteiger partial charge in [-0.1, -0.05) is 0 Å². The summed E-state index contributed by atoms with van der Waals surface area (Å²) in [5, 5.41) is 0. The predicted molar refractivity (Wildman–Crippen MR) is 49.7 cm³/mol. The van der Waals surface area contributed by atoms with Crippen molar-refractivity contribution in [2.45, 2.75) is 52.7 Å². The lowest BCUT2D eigenvalue weighted by Crippen LogP contribution is -2.31. The zero-order valence-electron chi connectivity index (χ0n) is 9.12. The van der Waals surface area contributed by atoms with E-state index in [9.17, 15) is 12.9 Å². The van der Waals surface area contributed by atoms with Crippen LogP contribution in [0.1, 0.15) is 41.5 Å². The quantitative estimate of drug-likeness (QED) is 0.541. The van der Waals surface area contributed by atoms with Crippen LogP contribution in [0.5, 0.6) is 0 Å². The Kier molecular flexibility index (Phi) is 6.50. The number of hydrogen-bond donors (Lipinski definition) is 0. The van der Waals surface area contributed by atoms with Gasteiger partial charge in [-0.05, 0) is 41.5 Å². The van der Waals surface area contributed by atoms with Crippen LogP contribution in [0.3, 0.4) is 0 Å². The van der Waals surface area contributed by atoms with E-state index in [1.54, 1.807) is 0 Å². The van der Waals surface area contributed by atoms with Crippen LogP contribution in [0.15, 0.2) is 0 Å². The van der Waals surface area contributed by atoms with Crippen molar-refractivity contribution in [2.75, 3.05) is 0 Å². The van der Waals surface area contributed by atoms with Gasteiger partial charge >= 0.3 is 7.54 Å². The van der Waals surface area contributed by atoms with Crippen molar-refractivity contribution in [1.82, 2.24) is 0 Å². The summed E-state index contributed by atoms with van der Waals surface area (Å²) >= 11 is 0. The summed E-state index contributed by atoms with van der Waals surface area (Å²) in [6.07, 6.45) is 0. The Labute approximate surface area is 78.9 Å². The third kappa shape index (κ3) is 33.7. The minimum atomic E-state index is -3.67. The lowest BCUT2D eigenvalue weighted by atomic mass is 10.1. The molecule has 13 heavy (non-hydrogen) atoms. The van der Waals surface area contributed by atoms with Gasteiger partial charge in [0.1, 0.15) is 0 Å². The summed E-state index contributed by atoms with van der Waals surface area (Å²) in [5.74, 6) is 0. The molecule has 0 saturated heterocycles. The third-order valence-electron chi connectivity index (χ3n) is 0.612. The van der Waals surface area contributed by atoms with E-state index < -0.39 is 7.54 Å². The molecule has 0 saturated carbocycles. The number of ether oxygens (including phenoxy) is 1. The van der Waals surface area contributed by atoms with Crippen molar-refractivity contribution < 1.29 is 17.7 Å². The lowest BCUT2D eigenvalue weighted by Gasteiger charge is -2.30. The van der Waals surface area contributed by atoms with Gasteiger partial charge in [-0.25, -0.2) is 0 Å². The average Bonchev–Trinajstić information content (AvgIpc) is 1.47. The first kappa shape index (κ1) is 15.3. The van der Waals surface area contributed by atoms with E-state index in [0.29, 0.717) is 0 Å². The Balaban J connectivity index is 0. The maximum absolute atomic E-state index is 9.67. The van der Waals surface area contributed by atoms with E-state index in [1.165, 1.54) is 0 Å². The Bertz CT molecular complexity index is 112. The van der Waals surface area contributed by atoms with Crippen molar-refractivity contribution >= 4 is 7.54 Å². The molecule has 0 rings (SSSR count). The van der Waals surface area contributed by atoms with Gasteiger partial charge in [0, 0.05) is 0 Å². The molecule has 0 unspecified atom stereocenters. The molecule has 0 fully saturated rings. The van der Waals surface area contributed by atoms with Gasteiger partial charge in [0.05, 0.1) is 11.2 Å². The number of halogens is 3. The topological polar surface area (TPSA) is 9.23 Å². The number of rotatable bonds is 0. The Hall–Kier alpha value is -0.185. The minimum Gasteiger partial charge on any atom is -0.370 e. The second-order valence-corrected chi connectivity index (χ2v) is 4.57. The molecule has 0 atom stereocenters. The molecule has 5 heteroatoms. The van der Waals surface area contributed by atoms with Crippen LogP contribution in [0, 0.1) is 0 Å². The van der Waals surface area contributed by atoms with Crippen molar-refractivity contribution in [3.63, 3.8) is 0 Å². The molecular formula is C8H18BF3O. The number of hydrogen-bond acceptors (Lipinski definition) is 1. The first-order valence-corrected chi connectivity index (χ1v) is 4.06. The zero-order valence-corrected chi connectivity index (χ0v) is 9.12. The molecule has 0 aliphatic heterocycles. The Morgan fingerprint density at radius 3 is 0.923 bits per heavy atom. The molecule has 0 aliphatic carbocycles. The summed E-state index contributed by atoms with van der Waals surface area (Å²) in [6.45, 7) is 12.4. The van der Waals surface area contributed by atoms with E-state index in [-0.39, 0.29) is 11.2 Å². The maximum atomic E-state index is 9.67. The van der Waals surface area contributed by atoms with Gasteiger partial charge < -0.3 is 4.74 Å². The van der Waals surface area contributed by atoms with Crippen LogP contribution < -0.4 is 0 Å². The van der Waals surface area contributed by atoms with E-state index in [0.717, 1.165) is 0 Å². The SMILES string of the molecule is CC(C)(C)OC(C)(C)C.FB(F)F. The second kappa shape index (κ2) is 5.53. The van der Waals surface area contributed by atoms with E-state index in [2.05, 4.69) is 41.5 Å². The van der Waals surface area contributed by atoms with Gasteiger partial charge in [-0.2, -0.15) is 0 Å². The van der Waals surface area contributed by atoms with E-state index >= 15 is 0 Å². The molecule has 0 spiro atoms. The highest BCUT2D eigenvalue weighted by atomic mass is 19.4. The molecule has 80 valence electrons. The summed E-state index contributed by atoms with van der Waals surface area (Å²) in [4.78, 5) is 0. The van der Waals surface area contributed by atoms with E-state index in [1.807, 2.05) is 0 Å². The normalized spacial score (nSPS) is 11.8. The molecule has 0 radical (unpaired) electrons. The molecule has 0 amide bonds. The maximum Gasteiger partial charge on any atom is 0.762 e. The van der Waals surface area contributed by atoms with Crippen LogP contribution in [0.2, 0.25) is 0 Å². The Morgan fingerprint density at radius 2 is 0.923 bits per heavy atom. The minimum absolute atomic E-state index is 0.0156. The summed E-state index contributed by atoms with van der Waals surface area (Å²) in [7, 11) is -3.67. The summed E-state index contributed by atoms with van der Waals surface area (Å²) < 4.78 is 34.6. The molecule has 0 aliphatic rings. The van der Waals surface area contributed by atoms with Crippen molar-refractivity contribution in [1.29, 1.82) is 0 Å². The van der Waals surface area contributed by atoms with Crippen LogP contribution in [-0.2, 0) is 4.74 Å². The molecule has 0 aromatic rings. The monoisotopic (exact) mass is 198 g/mol. The van der Waals surface area contributed by atoms with Crippen LogP contribution in [0.25, 0.3) is 0 Å².